The molecule has 1 amide bonds. The molecule has 1 unspecified atom stereocenters. The molecule has 5 heteroatoms. The van der Waals surface area contributed by atoms with Gasteiger partial charge in [-0.25, -0.2) is 0 Å². The first kappa shape index (κ1) is 15.8. The van der Waals surface area contributed by atoms with Crippen LogP contribution < -0.4 is 10.6 Å². The van der Waals surface area contributed by atoms with Crippen molar-refractivity contribution in [1.29, 1.82) is 0 Å². The highest BCUT2D eigenvalue weighted by molar-refractivity contribution is 5.91. The molecule has 0 rings (SSSR count). The van der Waals surface area contributed by atoms with Crippen LogP contribution in [0, 0.1) is 5.92 Å². The van der Waals surface area contributed by atoms with Crippen LogP contribution in [0.25, 0.3) is 0 Å². The van der Waals surface area contributed by atoms with E-state index >= 15 is 0 Å². The smallest absolute Gasteiger partial charge is 0.234 e. The summed E-state index contributed by atoms with van der Waals surface area (Å²) in [5.74, 6) is -0.387. The molecule has 0 fully saturated rings. The standard InChI is InChI=1S/C12H22N2O3/c1-8(2)12(17)10(6-5-9(3)15)14-11(16)7-13-4/h8,10,13H,5-7H2,1-4H3,(H,14,16). The van der Waals surface area contributed by atoms with Crippen LogP contribution in [0.4, 0.5) is 0 Å². The quantitative estimate of drug-likeness (QED) is 0.641. The molecule has 98 valence electrons. The van der Waals surface area contributed by atoms with E-state index in [1.54, 1.807) is 20.9 Å². The van der Waals surface area contributed by atoms with Crippen LogP contribution in [0.1, 0.15) is 33.6 Å². The summed E-state index contributed by atoms with van der Waals surface area (Å²) < 4.78 is 0. The largest absolute Gasteiger partial charge is 0.345 e. The first-order valence-corrected chi connectivity index (χ1v) is 5.85. The summed E-state index contributed by atoms with van der Waals surface area (Å²) in [7, 11) is 1.66. The molecule has 0 bridgehead atoms. The third-order valence-electron chi connectivity index (χ3n) is 2.37. The van der Waals surface area contributed by atoms with Gasteiger partial charge in [-0.15, -0.1) is 0 Å². The average Bonchev–Trinajstić information content (AvgIpc) is 2.23. The predicted octanol–water partition coefficient (Wildman–Crippen LogP) is 0.285. The number of Topliss-reactive ketones (excluding diaryl/α,β-unsaturated/α-hetero) is 2. The average molecular weight is 242 g/mol. The van der Waals surface area contributed by atoms with Crippen LogP contribution in [0.5, 0.6) is 0 Å². The van der Waals surface area contributed by atoms with Crippen molar-refractivity contribution in [1.82, 2.24) is 10.6 Å². The number of nitrogens with one attached hydrogen (secondary N) is 2. The van der Waals surface area contributed by atoms with Gasteiger partial charge in [0.15, 0.2) is 5.78 Å². The molecule has 17 heavy (non-hydrogen) atoms. The van der Waals surface area contributed by atoms with Gasteiger partial charge >= 0.3 is 0 Å². The van der Waals surface area contributed by atoms with E-state index in [9.17, 15) is 14.4 Å². The molecule has 5 nitrogen and oxygen atoms in total. The third-order valence-corrected chi connectivity index (χ3v) is 2.37. The molecular formula is C12H22N2O3. The lowest BCUT2D eigenvalue weighted by molar-refractivity contribution is -0.129. The molecule has 0 aliphatic carbocycles. The van der Waals surface area contributed by atoms with Gasteiger partial charge in [0.2, 0.25) is 5.91 Å². The molecule has 0 radical (unpaired) electrons. The van der Waals surface area contributed by atoms with Crippen LogP contribution in [0.3, 0.4) is 0 Å². The van der Waals surface area contributed by atoms with Crippen LogP contribution in [0.15, 0.2) is 0 Å². The summed E-state index contributed by atoms with van der Waals surface area (Å²) in [6, 6.07) is -0.556. The number of hydrogen-bond donors (Lipinski definition) is 2. The fourth-order valence-corrected chi connectivity index (χ4v) is 1.44. The molecule has 0 heterocycles. The maximum Gasteiger partial charge on any atom is 0.234 e. The lowest BCUT2D eigenvalue weighted by Gasteiger charge is -2.19. The normalized spacial score (nSPS) is 12.3. The van der Waals surface area contributed by atoms with E-state index in [4.69, 9.17) is 0 Å². The van der Waals surface area contributed by atoms with Crippen molar-refractivity contribution in [3.8, 4) is 0 Å². The van der Waals surface area contributed by atoms with Crippen molar-refractivity contribution in [2.75, 3.05) is 13.6 Å². The van der Waals surface area contributed by atoms with Crippen LogP contribution >= 0.6 is 0 Å². The first-order chi connectivity index (χ1) is 7.88. The maximum atomic E-state index is 11.8. The van der Waals surface area contributed by atoms with Gasteiger partial charge in [0.25, 0.3) is 0 Å². The van der Waals surface area contributed by atoms with E-state index in [1.807, 2.05) is 0 Å². The summed E-state index contributed by atoms with van der Waals surface area (Å²) in [4.78, 5) is 34.2. The summed E-state index contributed by atoms with van der Waals surface area (Å²) in [5, 5.41) is 5.37. The molecular weight excluding hydrogens is 220 g/mol. The van der Waals surface area contributed by atoms with E-state index in [2.05, 4.69) is 10.6 Å². The zero-order chi connectivity index (χ0) is 13.4. The summed E-state index contributed by atoms with van der Waals surface area (Å²) >= 11 is 0. The minimum Gasteiger partial charge on any atom is -0.345 e. The van der Waals surface area contributed by atoms with Crippen molar-refractivity contribution in [2.45, 2.75) is 39.7 Å². The minimum atomic E-state index is -0.556. The number of rotatable bonds is 8. The molecule has 0 aromatic heterocycles. The number of ketones is 2. The van der Waals surface area contributed by atoms with Gasteiger partial charge in [-0.3, -0.25) is 9.59 Å². The Balaban J connectivity index is 4.44. The van der Waals surface area contributed by atoms with Gasteiger partial charge < -0.3 is 15.4 Å². The third kappa shape index (κ3) is 6.84. The second-order valence-electron chi connectivity index (χ2n) is 4.45. The van der Waals surface area contributed by atoms with E-state index < -0.39 is 6.04 Å². The van der Waals surface area contributed by atoms with E-state index in [-0.39, 0.29) is 29.9 Å². The Morgan fingerprint density at radius 3 is 2.18 bits per heavy atom. The van der Waals surface area contributed by atoms with Gasteiger partial charge in [0.05, 0.1) is 12.6 Å². The first-order valence-electron chi connectivity index (χ1n) is 5.85. The van der Waals surface area contributed by atoms with E-state index in [0.29, 0.717) is 12.8 Å². The van der Waals surface area contributed by atoms with Crippen molar-refractivity contribution < 1.29 is 14.4 Å². The zero-order valence-corrected chi connectivity index (χ0v) is 11.0. The number of carbonyl (C=O) groups excluding carboxylic acids is 3. The number of likely N-dealkylation sites (N-methyl/N-ethyl adjacent to an activating group) is 1. The Bertz CT molecular complexity index is 287. The Morgan fingerprint density at radius 1 is 1.18 bits per heavy atom. The molecule has 0 saturated heterocycles. The highest BCUT2D eigenvalue weighted by atomic mass is 16.2. The molecule has 0 aliphatic heterocycles. The maximum absolute atomic E-state index is 11.8. The lowest BCUT2D eigenvalue weighted by Crippen LogP contribution is -2.45. The summed E-state index contributed by atoms with van der Waals surface area (Å²) in [5.41, 5.74) is 0. The molecule has 0 aliphatic rings. The van der Waals surface area contributed by atoms with Crippen molar-refractivity contribution in [2.24, 2.45) is 5.92 Å². The van der Waals surface area contributed by atoms with Gasteiger partial charge in [0, 0.05) is 12.3 Å². The minimum absolute atomic E-state index is 0.0226. The summed E-state index contributed by atoms with van der Waals surface area (Å²) in [6.45, 7) is 5.22. The van der Waals surface area contributed by atoms with Crippen LogP contribution in [0.2, 0.25) is 0 Å². The van der Waals surface area contributed by atoms with Crippen LogP contribution in [-0.4, -0.2) is 37.1 Å². The number of hydrogen-bond acceptors (Lipinski definition) is 4. The molecule has 0 aromatic carbocycles. The van der Waals surface area contributed by atoms with E-state index in [1.165, 1.54) is 6.92 Å². The molecule has 2 N–H and O–H groups in total. The van der Waals surface area contributed by atoms with E-state index in [0.717, 1.165) is 0 Å². The highest BCUT2D eigenvalue weighted by Gasteiger charge is 2.22. The van der Waals surface area contributed by atoms with Crippen molar-refractivity contribution in [3.05, 3.63) is 0 Å². The SMILES string of the molecule is CNCC(=O)NC(CCC(C)=O)C(=O)C(C)C. The topological polar surface area (TPSA) is 75.3 Å². The lowest BCUT2D eigenvalue weighted by atomic mass is 9.97. The zero-order valence-electron chi connectivity index (χ0n) is 11.0. The Morgan fingerprint density at radius 2 is 1.76 bits per heavy atom. The number of amides is 1. The van der Waals surface area contributed by atoms with Crippen LogP contribution in [-0.2, 0) is 14.4 Å². The van der Waals surface area contributed by atoms with Crippen molar-refractivity contribution >= 4 is 17.5 Å². The second-order valence-corrected chi connectivity index (χ2v) is 4.45. The highest BCUT2D eigenvalue weighted by Crippen LogP contribution is 2.06. The predicted molar refractivity (Wildman–Crippen MR) is 65.6 cm³/mol. The van der Waals surface area contributed by atoms with Gasteiger partial charge in [0.1, 0.15) is 5.78 Å². The Kier molecular flexibility index (Phi) is 7.37. The Labute approximate surface area is 102 Å². The number of carbonyl (C=O) groups is 3. The molecule has 0 aromatic rings. The van der Waals surface area contributed by atoms with Crippen molar-refractivity contribution in [3.63, 3.8) is 0 Å². The monoisotopic (exact) mass is 242 g/mol. The molecule has 1 atom stereocenters. The summed E-state index contributed by atoms with van der Waals surface area (Å²) in [6.07, 6.45) is 0.685. The fourth-order valence-electron chi connectivity index (χ4n) is 1.44. The van der Waals surface area contributed by atoms with Gasteiger partial charge in [-0.2, -0.15) is 0 Å². The van der Waals surface area contributed by atoms with Gasteiger partial charge in [-0.05, 0) is 20.4 Å². The molecule has 0 saturated carbocycles. The fraction of sp³-hybridized carbons (Fsp3) is 0.750. The second kappa shape index (κ2) is 7.95. The van der Waals surface area contributed by atoms with Gasteiger partial charge in [-0.1, -0.05) is 13.8 Å². The molecule has 0 spiro atoms. The Hall–Kier alpha value is -1.23.